The quantitative estimate of drug-likeness (QED) is 0.437. The molecule has 1 rings (SSSR count). The van der Waals surface area contributed by atoms with Crippen molar-refractivity contribution in [3.05, 3.63) is 29.8 Å². The van der Waals surface area contributed by atoms with Crippen LogP contribution in [0.4, 0.5) is 0 Å². The van der Waals surface area contributed by atoms with E-state index in [9.17, 15) is 0 Å². The third kappa shape index (κ3) is 5.95. The first kappa shape index (κ1) is 16.5. The second-order valence-electron chi connectivity index (χ2n) is 5.44. The molecule has 1 aromatic carbocycles. The van der Waals surface area contributed by atoms with E-state index in [1.807, 2.05) is 11.8 Å². The van der Waals surface area contributed by atoms with Gasteiger partial charge in [0, 0.05) is 23.8 Å². The lowest BCUT2D eigenvalue weighted by atomic mass is 10.00. The van der Waals surface area contributed by atoms with Crippen LogP contribution in [-0.4, -0.2) is 24.5 Å². The zero-order valence-electron chi connectivity index (χ0n) is 12.4. The normalized spacial score (nSPS) is 13.5. The third-order valence-electron chi connectivity index (χ3n) is 3.42. The Kier molecular flexibility index (Phi) is 6.86. The summed E-state index contributed by atoms with van der Waals surface area (Å²) in [7, 11) is 1.76. The van der Waals surface area contributed by atoms with Gasteiger partial charge in [-0.3, -0.25) is 11.3 Å². The van der Waals surface area contributed by atoms with Crippen molar-refractivity contribution in [1.29, 1.82) is 0 Å². The largest absolute Gasteiger partial charge is 0.379 e. The number of nitrogens with one attached hydrogen (secondary N) is 1. The molecule has 0 spiro atoms. The number of rotatable bonds is 8. The number of hydrogen-bond acceptors (Lipinski definition) is 4. The minimum Gasteiger partial charge on any atom is -0.379 e. The van der Waals surface area contributed by atoms with E-state index < -0.39 is 0 Å². The molecule has 19 heavy (non-hydrogen) atoms. The molecule has 0 fully saturated rings. The highest BCUT2D eigenvalue weighted by Crippen LogP contribution is 2.24. The number of ether oxygens (including phenoxy) is 1. The minimum absolute atomic E-state index is 0.0809. The van der Waals surface area contributed by atoms with Gasteiger partial charge in [-0.15, -0.1) is 11.8 Å². The molecule has 0 heterocycles. The Hall–Kier alpha value is -0.550. The van der Waals surface area contributed by atoms with Crippen molar-refractivity contribution in [2.75, 3.05) is 12.9 Å². The van der Waals surface area contributed by atoms with Gasteiger partial charge in [0.2, 0.25) is 0 Å². The second kappa shape index (κ2) is 7.90. The van der Waals surface area contributed by atoms with Crippen molar-refractivity contribution < 1.29 is 4.74 Å². The fourth-order valence-electron chi connectivity index (χ4n) is 1.75. The predicted octanol–water partition coefficient (Wildman–Crippen LogP) is 3.12. The molecule has 0 saturated carbocycles. The Bertz CT molecular complexity index is 382. The molecule has 0 amide bonds. The van der Waals surface area contributed by atoms with E-state index in [1.165, 1.54) is 10.5 Å². The summed E-state index contributed by atoms with van der Waals surface area (Å²) in [4.78, 5) is 1.33. The smallest absolute Gasteiger partial charge is 0.0623 e. The molecule has 1 unspecified atom stereocenters. The molecule has 0 saturated heterocycles. The Labute approximate surface area is 121 Å². The Morgan fingerprint density at radius 3 is 2.63 bits per heavy atom. The Balaban J connectivity index is 2.43. The fourth-order valence-corrected chi connectivity index (χ4v) is 2.86. The third-order valence-corrected chi connectivity index (χ3v) is 4.75. The van der Waals surface area contributed by atoms with Crippen LogP contribution in [0.1, 0.15) is 32.3 Å². The van der Waals surface area contributed by atoms with Crippen molar-refractivity contribution in [3.8, 4) is 0 Å². The first-order chi connectivity index (χ1) is 8.98. The minimum atomic E-state index is -0.0809. The zero-order valence-corrected chi connectivity index (χ0v) is 13.2. The lowest BCUT2D eigenvalue weighted by Crippen LogP contribution is -2.38. The summed E-state index contributed by atoms with van der Waals surface area (Å²) in [5, 5.41) is 0. The maximum atomic E-state index is 5.64. The van der Waals surface area contributed by atoms with E-state index in [2.05, 4.69) is 50.5 Å². The molecule has 0 radical (unpaired) electrons. The van der Waals surface area contributed by atoms with Gasteiger partial charge in [-0.05, 0) is 45.2 Å². The van der Waals surface area contributed by atoms with Gasteiger partial charge in [0.15, 0.2) is 0 Å². The van der Waals surface area contributed by atoms with Crippen LogP contribution < -0.4 is 11.3 Å². The monoisotopic (exact) mass is 282 g/mol. The molecule has 1 atom stereocenters. The number of hydrazine groups is 1. The van der Waals surface area contributed by atoms with Crippen molar-refractivity contribution in [2.24, 2.45) is 5.84 Å². The van der Waals surface area contributed by atoms with E-state index in [4.69, 9.17) is 10.6 Å². The van der Waals surface area contributed by atoms with Gasteiger partial charge in [0.05, 0.1) is 5.60 Å². The van der Waals surface area contributed by atoms with Crippen LogP contribution in [0.3, 0.4) is 0 Å². The Morgan fingerprint density at radius 2 is 2.05 bits per heavy atom. The van der Waals surface area contributed by atoms with Crippen LogP contribution in [0, 0.1) is 6.92 Å². The second-order valence-corrected chi connectivity index (χ2v) is 6.50. The highest BCUT2D eigenvalue weighted by molar-refractivity contribution is 7.99. The van der Waals surface area contributed by atoms with E-state index >= 15 is 0 Å². The molecular weight excluding hydrogens is 256 g/mol. The van der Waals surface area contributed by atoms with Crippen LogP contribution in [-0.2, 0) is 4.74 Å². The topological polar surface area (TPSA) is 47.3 Å². The van der Waals surface area contributed by atoms with Crippen molar-refractivity contribution >= 4 is 11.8 Å². The van der Waals surface area contributed by atoms with Gasteiger partial charge in [0.25, 0.3) is 0 Å². The molecule has 0 aliphatic heterocycles. The molecule has 1 aromatic rings. The number of hydrogen-bond donors (Lipinski definition) is 2. The van der Waals surface area contributed by atoms with Crippen LogP contribution in [0.25, 0.3) is 0 Å². The van der Waals surface area contributed by atoms with Gasteiger partial charge in [0.1, 0.15) is 0 Å². The summed E-state index contributed by atoms with van der Waals surface area (Å²) in [5.74, 6) is 6.61. The van der Waals surface area contributed by atoms with Gasteiger partial charge < -0.3 is 4.74 Å². The molecule has 0 aliphatic rings. The van der Waals surface area contributed by atoms with Crippen molar-refractivity contribution in [2.45, 2.75) is 50.2 Å². The molecular formula is C15H26N2OS. The van der Waals surface area contributed by atoms with Crippen molar-refractivity contribution in [3.63, 3.8) is 0 Å². The number of thioether (sulfide) groups is 1. The lowest BCUT2D eigenvalue weighted by Gasteiger charge is -2.25. The summed E-state index contributed by atoms with van der Waals surface area (Å²) >= 11 is 1.85. The summed E-state index contributed by atoms with van der Waals surface area (Å²) < 4.78 is 5.44. The zero-order chi connectivity index (χ0) is 14.3. The maximum Gasteiger partial charge on any atom is 0.0623 e. The molecule has 3 nitrogen and oxygen atoms in total. The number of aryl methyl sites for hydroxylation is 1. The predicted molar refractivity (Wildman–Crippen MR) is 83.3 cm³/mol. The first-order valence-electron chi connectivity index (χ1n) is 6.68. The number of nitrogens with two attached hydrogens (primary N) is 1. The van der Waals surface area contributed by atoms with Crippen LogP contribution >= 0.6 is 11.8 Å². The highest BCUT2D eigenvalue weighted by Gasteiger charge is 2.19. The highest BCUT2D eigenvalue weighted by atomic mass is 32.2. The molecule has 0 aromatic heterocycles. The average molecular weight is 282 g/mol. The van der Waals surface area contributed by atoms with E-state index in [0.717, 1.165) is 18.6 Å². The summed E-state index contributed by atoms with van der Waals surface area (Å²) in [5.41, 5.74) is 4.15. The lowest BCUT2D eigenvalue weighted by molar-refractivity contribution is 0.0122. The summed E-state index contributed by atoms with van der Waals surface area (Å²) in [6.45, 7) is 6.35. The number of methoxy groups -OCH3 is 1. The maximum absolute atomic E-state index is 5.64. The van der Waals surface area contributed by atoms with Gasteiger partial charge in [-0.1, -0.05) is 18.2 Å². The fraction of sp³-hybridized carbons (Fsp3) is 0.600. The average Bonchev–Trinajstić information content (AvgIpc) is 2.41. The number of benzene rings is 1. The van der Waals surface area contributed by atoms with Gasteiger partial charge in [-0.2, -0.15) is 0 Å². The molecule has 108 valence electrons. The van der Waals surface area contributed by atoms with E-state index in [0.29, 0.717) is 6.04 Å². The van der Waals surface area contributed by atoms with Crippen molar-refractivity contribution in [1.82, 2.24) is 5.43 Å². The molecule has 0 bridgehead atoms. The molecule has 3 N–H and O–H groups in total. The molecule has 4 heteroatoms. The van der Waals surface area contributed by atoms with Crippen LogP contribution in [0.15, 0.2) is 29.2 Å². The van der Waals surface area contributed by atoms with Gasteiger partial charge in [-0.25, -0.2) is 0 Å². The SMILES string of the molecule is COC(C)(C)CCC(CSc1ccccc1C)NN. The van der Waals surface area contributed by atoms with Crippen LogP contribution in [0.2, 0.25) is 0 Å². The molecule has 0 aliphatic carbocycles. The van der Waals surface area contributed by atoms with Crippen LogP contribution in [0.5, 0.6) is 0 Å². The Morgan fingerprint density at radius 1 is 1.37 bits per heavy atom. The van der Waals surface area contributed by atoms with Gasteiger partial charge >= 0.3 is 0 Å². The first-order valence-corrected chi connectivity index (χ1v) is 7.67. The summed E-state index contributed by atoms with van der Waals surface area (Å²) in [6, 6.07) is 8.75. The standard InChI is InChI=1S/C15H26N2OS/c1-12-7-5-6-8-14(12)19-11-13(17-16)9-10-15(2,3)18-4/h5-8,13,17H,9-11,16H2,1-4H3. The summed E-state index contributed by atoms with van der Waals surface area (Å²) in [6.07, 6.45) is 2.00. The van der Waals surface area contributed by atoms with E-state index in [-0.39, 0.29) is 5.60 Å². The van der Waals surface area contributed by atoms with E-state index in [1.54, 1.807) is 7.11 Å².